The molecule has 0 saturated heterocycles. The Labute approximate surface area is 181 Å². The van der Waals surface area contributed by atoms with Crippen molar-refractivity contribution in [3.63, 3.8) is 0 Å². The predicted molar refractivity (Wildman–Crippen MR) is 81.6 cm³/mol. The summed E-state index contributed by atoms with van der Waals surface area (Å²) in [5.74, 6) is -51.2. The number of hydrogen-bond donors (Lipinski definition) is 0. The summed E-state index contributed by atoms with van der Waals surface area (Å²) in [6.45, 7) is 0. The number of rotatable bonds is 13. The number of carbonyl (C=O) groups excluding carboxylic acids is 1. The van der Waals surface area contributed by atoms with Crippen LogP contribution in [0.25, 0.3) is 0 Å². The molecule has 34 heavy (non-hydrogen) atoms. The van der Waals surface area contributed by atoms with Crippen molar-refractivity contribution in [3.05, 3.63) is 0 Å². The molecular weight excluding hydrogens is 545 g/mol. The minimum atomic E-state index is -8.43. The molecule has 0 heterocycles. The van der Waals surface area contributed by atoms with E-state index < -0.39 is 75.2 Å². The Kier molecular flexibility index (Phi) is 9.28. The van der Waals surface area contributed by atoms with E-state index in [2.05, 4.69) is 0 Å². The zero-order valence-electron chi connectivity index (χ0n) is 16.9. The third-order valence-electron chi connectivity index (χ3n) is 4.50. The largest absolute Gasteiger partial charge is 0.500 e. The van der Waals surface area contributed by atoms with Crippen molar-refractivity contribution in [2.45, 2.75) is 60.6 Å². The summed E-state index contributed by atoms with van der Waals surface area (Å²) >= 11 is 0. The Hall–Kier alpha value is -1.28. The lowest BCUT2D eigenvalue weighted by Crippen LogP contribution is -2.73. The van der Waals surface area contributed by atoms with Crippen LogP contribution in [0.2, 0.25) is 6.04 Å². The third kappa shape index (κ3) is 4.86. The Bertz CT molecular complexity index is 710. The van der Waals surface area contributed by atoms with Gasteiger partial charge in [-0.15, -0.1) is 0 Å². The number of Topliss-reactive ketones (excluding diaryl/α,β-unsaturated/α-hetero) is 1. The summed E-state index contributed by atoms with van der Waals surface area (Å²) in [6.07, 6.45) is -10.5. The maximum absolute atomic E-state index is 13.8. The van der Waals surface area contributed by atoms with Gasteiger partial charge in [-0.3, -0.25) is 4.79 Å². The zero-order valence-corrected chi connectivity index (χ0v) is 17.9. The highest BCUT2D eigenvalue weighted by Gasteiger charge is 2.93. The first-order valence-corrected chi connectivity index (χ1v) is 10.3. The summed E-state index contributed by atoms with van der Waals surface area (Å²) in [4.78, 5) is 11.4. The molecule has 0 unspecified atom stereocenters. The number of alkyl halides is 15. The molecule has 0 saturated carbocycles. The molecule has 0 rings (SSSR count). The lowest BCUT2D eigenvalue weighted by Gasteiger charge is -2.41. The maximum atomic E-state index is 13.8. The third-order valence-corrected chi connectivity index (χ3v) is 7.33. The Morgan fingerprint density at radius 1 is 0.588 bits per heavy atom. The average molecular weight is 560 g/mol. The molecule has 204 valence electrons. The minimum Gasteiger partial charge on any atom is -0.377 e. The van der Waals surface area contributed by atoms with Crippen molar-refractivity contribution in [1.29, 1.82) is 0 Å². The Morgan fingerprint density at radius 3 is 1.24 bits per heavy atom. The van der Waals surface area contributed by atoms with Crippen molar-refractivity contribution >= 4 is 14.6 Å². The second-order valence-corrected chi connectivity index (χ2v) is 9.61. The molecule has 0 amide bonds. The van der Waals surface area contributed by atoms with Gasteiger partial charge in [0.15, 0.2) is 0 Å². The fourth-order valence-electron chi connectivity index (χ4n) is 2.32. The van der Waals surface area contributed by atoms with E-state index >= 15 is 0 Å². The molecule has 0 radical (unpaired) electrons. The summed E-state index contributed by atoms with van der Waals surface area (Å²) in [7, 11) is -0.776. The van der Waals surface area contributed by atoms with Gasteiger partial charge >= 0.3 is 50.5 Å². The van der Waals surface area contributed by atoms with Gasteiger partial charge in [0.25, 0.3) is 0 Å². The smallest absolute Gasteiger partial charge is 0.377 e. The van der Waals surface area contributed by atoms with Crippen molar-refractivity contribution in [1.82, 2.24) is 0 Å². The van der Waals surface area contributed by atoms with Gasteiger partial charge in [-0.2, -0.15) is 65.9 Å². The fourth-order valence-corrected chi connectivity index (χ4v) is 4.04. The molecule has 4 nitrogen and oxygen atoms in total. The molecule has 20 heteroatoms. The van der Waals surface area contributed by atoms with E-state index in [0.29, 0.717) is 0 Å². The van der Waals surface area contributed by atoms with Gasteiger partial charge < -0.3 is 13.3 Å². The van der Waals surface area contributed by atoms with Crippen molar-refractivity contribution < 1.29 is 83.9 Å². The summed E-state index contributed by atoms with van der Waals surface area (Å²) in [5.41, 5.74) is 0. The zero-order chi connectivity index (χ0) is 27.8. The maximum Gasteiger partial charge on any atom is 0.500 e. The number of halogens is 15. The van der Waals surface area contributed by atoms with E-state index in [9.17, 15) is 70.7 Å². The van der Waals surface area contributed by atoms with E-state index in [0.717, 1.165) is 21.3 Å². The molecular formula is C14H15F15O4Si. The average Bonchev–Trinajstić information content (AvgIpc) is 2.69. The second-order valence-electron chi connectivity index (χ2n) is 6.52. The molecule has 0 bridgehead atoms. The molecule has 0 atom stereocenters. The van der Waals surface area contributed by atoms with Gasteiger partial charge in [-0.1, -0.05) is 0 Å². The van der Waals surface area contributed by atoms with Crippen LogP contribution in [0, 0.1) is 0 Å². The van der Waals surface area contributed by atoms with E-state index in [1.54, 1.807) is 0 Å². The first-order chi connectivity index (χ1) is 14.8. The van der Waals surface area contributed by atoms with Crippen LogP contribution in [-0.2, 0) is 18.1 Å². The van der Waals surface area contributed by atoms with Gasteiger partial charge in [0, 0.05) is 33.8 Å². The van der Waals surface area contributed by atoms with Gasteiger partial charge in [0.1, 0.15) is 0 Å². The molecule has 0 N–H and O–H groups in total. The van der Waals surface area contributed by atoms with Gasteiger partial charge in [0.2, 0.25) is 5.78 Å². The topological polar surface area (TPSA) is 44.8 Å². The van der Waals surface area contributed by atoms with Crippen LogP contribution < -0.4 is 0 Å². The second kappa shape index (κ2) is 9.64. The highest BCUT2D eigenvalue weighted by Crippen LogP contribution is 2.62. The summed E-state index contributed by atoms with van der Waals surface area (Å²) in [5, 5.41) is 0. The van der Waals surface area contributed by atoms with Crippen molar-refractivity contribution in [2.24, 2.45) is 0 Å². The SMILES string of the molecule is CO[Si](CCCC(=O)C(F)(F)C(F)(F)C(F)(F)C(F)(F)C(F)(F)C(F)(F)C(F)(F)F)(OC)OC. The molecule has 0 aliphatic heterocycles. The quantitative estimate of drug-likeness (QED) is 0.218. The van der Waals surface area contributed by atoms with Crippen molar-refractivity contribution in [3.8, 4) is 0 Å². The molecule has 0 fully saturated rings. The monoisotopic (exact) mass is 560 g/mol. The van der Waals surface area contributed by atoms with E-state index in [1.165, 1.54) is 0 Å². The van der Waals surface area contributed by atoms with Crippen molar-refractivity contribution in [2.75, 3.05) is 21.3 Å². The molecule has 0 aromatic rings. The van der Waals surface area contributed by atoms with Crippen LogP contribution in [-0.4, -0.2) is 77.6 Å². The lowest BCUT2D eigenvalue weighted by molar-refractivity contribution is -0.449. The predicted octanol–water partition coefficient (Wildman–Crippen LogP) is 5.59. The molecule has 0 aliphatic carbocycles. The fraction of sp³-hybridized carbons (Fsp3) is 0.929. The number of carbonyl (C=O) groups is 1. The first kappa shape index (κ1) is 32.7. The highest BCUT2D eigenvalue weighted by atomic mass is 28.4. The number of ketones is 1. The lowest BCUT2D eigenvalue weighted by atomic mass is 9.89. The molecule has 0 aromatic carbocycles. The van der Waals surface area contributed by atoms with Gasteiger partial charge in [-0.25, -0.2) is 0 Å². The number of hydrogen-bond acceptors (Lipinski definition) is 4. The summed E-state index contributed by atoms with van der Waals surface area (Å²) in [6, 6.07) is -0.619. The van der Waals surface area contributed by atoms with Crippen LogP contribution in [0.1, 0.15) is 12.8 Å². The molecule has 0 aliphatic rings. The first-order valence-electron chi connectivity index (χ1n) is 8.33. The van der Waals surface area contributed by atoms with Crippen LogP contribution in [0.4, 0.5) is 65.9 Å². The molecule has 0 spiro atoms. The normalized spacial score (nSPS) is 15.6. The van der Waals surface area contributed by atoms with E-state index in [1.807, 2.05) is 0 Å². The van der Waals surface area contributed by atoms with Gasteiger partial charge in [0.05, 0.1) is 0 Å². The highest BCUT2D eigenvalue weighted by molar-refractivity contribution is 6.60. The van der Waals surface area contributed by atoms with Crippen LogP contribution in [0.15, 0.2) is 0 Å². The van der Waals surface area contributed by atoms with Gasteiger partial charge in [-0.05, 0) is 6.42 Å². The van der Waals surface area contributed by atoms with Crippen LogP contribution in [0.3, 0.4) is 0 Å². The summed E-state index contributed by atoms with van der Waals surface area (Å²) < 4.78 is 211. The minimum absolute atomic E-state index is 0.619. The van der Waals surface area contributed by atoms with E-state index in [-0.39, 0.29) is 0 Å². The molecule has 0 aromatic heterocycles. The van der Waals surface area contributed by atoms with Crippen LogP contribution in [0.5, 0.6) is 0 Å². The van der Waals surface area contributed by atoms with Crippen LogP contribution >= 0.6 is 0 Å². The Morgan fingerprint density at radius 2 is 0.912 bits per heavy atom. The Balaban J connectivity index is 6.15. The van der Waals surface area contributed by atoms with E-state index in [4.69, 9.17) is 13.3 Å². The standard InChI is InChI=1S/C14H15F15O4Si/c1-31-34(32-2,33-3)6-4-5-7(30)8(15,16)9(17,18)10(19,20)11(21,22)12(23,24)13(25,26)14(27,28)29/h4-6H2,1-3H3.